The Hall–Kier alpha value is -1.94. The third-order valence-electron chi connectivity index (χ3n) is 3.27. The smallest absolute Gasteiger partial charge is 0.222 e. The van der Waals surface area contributed by atoms with Crippen LogP contribution in [0.25, 0.3) is 10.8 Å². The van der Waals surface area contributed by atoms with Crippen LogP contribution in [0.3, 0.4) is 0 Å². The van der Waals surface area contributed by atoms with E-state index in [4.69, 9.17) is 4.74 Å². The zero-order valence-electron chi connectivity index (χ0n) is 11.9. The first-order chi connectivity index (χ1) is 10.2. The van der Waals surface area contributed by atoms with Gasteiger partial charge in [-0.15, -0.1) is 0 Å². The van der Waals surface area contributed by atoms with Crippen LogP contribution in [0.4, 0.5) is 0 Å². The summed E-state index contributed by atoms with van der Waals surface area (Å²) in [6.07, 6.45) is 0.860. The van der Waals surface area contributed by atoms with Gasteiger partial charge in [-0.25, -0.2) is 4.98 Å². The van der Waals surface area contributed by atoms with Crippen molar-refractivity contribution in [3.05, 3.63) is 58.5 Å². The molecule has 0 aliphatic heterocycles. The summed E-state index contributed by atoms with van der Waals surface area (Å²) in [5.74, 6) is 2.06. The molecule has 2 aromatic carbocycles. The third kappa shape index (κ3) is 2.90. The third-order valence-corrected chi connectivity index (χ3v) is 4.09. The highest BCUT2D eigenvalue weighted by Crippen LogP contribution is 2.35. The summed E-state index contributed by atoms with van der Waals surface area (Å²) >= 11 is 3.63. The highest BCUT2D eigenvalue weighted by Gasteiger charge is 2.09. The lowest BCUT2D eigenvalue weighted by molar-refractivity contribution is 0.456. The second-order valence-electron chi connectivity index (χ2n) is 4.80. The minimum absolute atomic E-state index is 0.579. The molecule has 0 bridgehead atoms. The van der Waals surface area contributed by atoms with Gasteiger partial charge in [0.15, 0.2) is 0 Å². The summed E-state index contributed by atoms with van der Waals surface area (Å²) in [6, 6.07) is 14.1. The van der Waals surface area contributed by atoms with Gasteiger partial charge in [0.2, 0.25) is 5.88 Å². The maximum Gasteiger partial charge on any atom is 0.222 e. The van der Waals surface area contributed by atoms with Crippen molar-refractivity contribution in [3.63, 3.8) is 0 Å². The molecule has 0 fully saturated rings. The number of aryl methyl sites for hydroxylation is 2. The van der Waals surface area contributed by atoms with Crippen LogP contribution in [-0.2, 0) is 6.42 Å². The monoisotopic (exact) mass is 342 g/mol. The Kier molecular flexibility index (Phi) is 3.88. The molecule has 3 rings (SSSR count). The first-order valence-corrected chi connectivity index (χ1v) is 7.66. The van der Waals surface area contributed by atoms with E-state index >= 15 is 0 Å². The zero-order valence-corrected chi connectivity index (χ0v) is 13.5. The molecule has 0 saturated carbocycles. The summed E-state index contributed by atoms with van der Waals surface area (Å²) in [7, 11) is 0. The Morgan fingerprint density at radius 1 is 1.10 bits per heavy atom. The van der Waals surface area contributed by atoms with Crippen molar-refractivity contribution in [2.24, 2.45) is 0 Å². The number of halogens is 1. The van der Waals surface area contributed by atoms with E-state index in [1.807, 2.05) is 37.3 Å². The number of hydrogen-bond acceptors (Lipinski definition) is 3. The largest absolute Gasteiger partial charge is 0.438 e. The molecule has 0 radical (unpaired) electrons. The first-order valence-electron chi connectivity index (χ1n) is 6.87. The summed E-state index contributed by atoms with van der Waals surface area (Å²) in [6.45, 7) is 3.94. The lowest BCUT2D eigenvalue weighted by Crippen LogP contribution is -1.97. The molecule has 3 nitrogen and oxygen atoms in total. The maximum absolute atomic E-state index is 5.94. The number of ether oxygens (including phenoxy) is 1. The second kappa shape index (κ2) is 5.82. The molecule has 106 valence electrons. The van der Waals surface area contributed by atoms with E-state index in [2.05, 4.69) is 45.0 Å². The van der Waals surface area contributed by atoms with E-state index in [9.17, 15) is 0 Å². The lowest BCUT2D eigenvalue weighted by atomic mass is 10.1. The molecule has 0 N–H and O–H groups in total. The van der Waals surface area contributed by atoms with Crippen LogP contribution < -0.4 is 4.74 Å². The van der Waals surface area contributed by atoms with Gasteiger partial charge in [0, 0.05) is 11.8 Å². The molecule has 0 atom stereocenters. The van der Waals surface area contributed by atoms with Crippen LogP contribution in [0.2, 0.25) is 0 Å². The van der Waals surface area contributed by atoms with E-state index in [-0.39, 0.29) is 0 Å². The Morgan fingerprint density at radius 2 is 1.90 bits per heavy atom. The topological polar surface area (TPSA) is 35.0 Å². The molecular formula is C17H15BrN2O. The number of rotatable bonds is 3. The van der Waals surface area contributed by atoms with Gasteiger partial charge in [0.1, 0.15) is 11.6 Å². The first kappa shape index (κ1) is 14.0. The molecule has 1 heterocycles. The van der Waals surface area contributed by atoms with E-state index in [1.165, 1.54) is 5.39 Å². The van der Waals surface area contributed by atoms with Crippen molar-refractivity contribution in [2.75, 3.05) is 0 Å². The predicted molar refractivity (Wildman–Crippen MR) is 87.9 cm³/mol. The van der Waals surface area contributed by atoms with Crippen LogP contribution in [0.15, 0.2) is 46.9 Å². The van der Waals surface area contributed by atoms with E-state index in [0.29, 0.717) is 5.88 Å². The molecule has 4 heteroatoms. The Bertz CT molecular complexity index is 802. The lowest BCUT2D eigenvalue weighted by Gasteiger charge is -2.10. The minimum Gasteiger partial charge on any atom is -0.438 e. The number of hydrogen-bond donors (Lipinski definition) is 0. The van der Waals surface area contributed by atoms with Crippen molar-refractivity contribution >= 4 is 26.7 Å². The van der Waals surface area contributed by atoms with Gasteiger partial charge >= 0.3 is 0 Å². The highest BCUT2D eigenvalue weighted by molar-refractivity contribution is 9.10. The van der Waals surface area contributed by atoms with E-state index in [0.717, 1.165) is 33.5 Å². The van der Waals surface area contributed by atoms with Crippen molar-refractivity contribution in [1.82, 2.24) is 9.97 Å². The van der Waals surface area contributed by atoms with Crippen molar-refractivity contribution < 1.29 is 4.74 Å². The summed E-state index contributed by atoms with van der Waals surface area (Å²) in [5, 5.41) is 2.29. The van der Waals surface area contributed by atoms with Gasteiger partial charge in [0.05, 0.1) is 4.47 Å². The highest BCUT2D eigenvalue weighted by atomic mass is 79.9. The van der Waals surface area contributed by atoms with Gasteiger partial charge < -0.3 is 4.74 Å². The van der Waals surface area contributed by atoms with Crippen molar-refractivity contribution in [2.45, 2.75) is 20.3 Å². The summed E-state index contributed by atoms with van der Waals surface area (Å²) < 4.78 is 6.88. The molecule has 0 spiro atoms. The summed E-state index contributed by atoms with van der Waals surface area (Å²) in [5.41, 5.74) is 0.981. The molecule has 1 aromatic heterocycles. The van der Waals surface area contributed by atoms with Gasteiger partial charge in [0.25, 0.3) is 0 Å². The van der Waals surface area contributed by atoms with Gasteiger partial charge in [-0.1, -0.05) is 37.3 Å². The number of aromatic nitrogens is 2. The van der Waals surface area contributed by atoms with Crippen molar-refractivity contribution in [1.29, 1.82) is 0 Å². The zero-order chi connectivity index (χ0) is 14.8. The van der Waals surface area contributed by atoms with E-state index < -0.39 is 0 Å². The normalized spacial score (nSPS) is 10.8. The maximum atomic E-state index is 5.94. The molecule has 0 aliphatic carbocycles. The number of nitrogens with zero attached hydrogens (tertiary/aromatic N) is 2. The number of fused-ring (bicyclic) bond motifs is 1. The molecule has 3 aromatic rings. The molecule has 0 unspecified atom stereocenters. The Morgan fingerprint density at radius 3 is 2.71 bits per heavy atom. The minimum atomic E-state index is 0.579. The standard InChI is InChI=1S/C17H15BrN2O/c1-3-13-10-16(20-11(2)19-13)21-15-9-8-12-6-4-5-7-14(12)17(15)18/h4-10H,3H2,1-2H3. The molecular weight excluding hydrogens is 328 g/mol. The fourth-order valence-corrected chi connectivity index (χ4v) is 2.81. The quantitative estimate of drug-likeness (QED) is 0.667. The van der Waals surface area contributed by atoms with Crippen LogP contribution in [0.5, 0.6) is 11.6 Å². The Labute approximate surface area is 132 Å². The van der Waals surface area contributed by atoms with Crippen LogP contribution in [0, 0.1) is 6.92 Å². The number of benzene rings is 2. The fraction of sp³-hybridized carbons (Fsp3) is 0.176. The SMILES string of the molecule is CCc1cc(Oc2ccc3ccccc3c2Br)nc(C)n1. The second-order valence-corrected chi connectivity index (χ2v) is 5.59. The van der Waals surface area contributed by atoms with Gasteiger partial charge in [-0.3, -0.25) is 0 Å². The molecule has 0 aliphatic rings. The van der Waals surface area contributed by atoms with Crippen LogP contribution in [-0.4, -0.2) is 9.97 Å². The fourth-order valence-electron chi connectivity index (χ4n) is 2.24. The summed E-state index contributed by atoms with van der Waals surface area (Å²) in [4.78, 5) is 8.71. The van der Waals surface area contributed by atoms with Crippen LogP contribution in [0.1, 0.15) is 18.4 Å². The average Bonchev–Trinajstić information content (AvgIpc) is 2.50. The van der Waals surface area contributed by atoms with E-state index in [1.54, 1.807) is 0 Å². The van der Waals surface area contributed by atoms with Gasteiger partial charge in [-0.05, 0) is 46.1 Å². The van der Waals surface area contributed by atoms with Gasteiger partial charge in [-0.2, -0.15) is 4.98 Å². The predicted octanol–water partition coefficient (Wildman–Crippen LogP) is 5.06. The average molecular weight is 343 g/mol. The van der Waals surface area contributed by atoms with Crippen LogP contribution >= 0.6 is 15.9 Å². The molecule has 21 heavy (non-hydrogen) atoms. The molecule has 0 amide bonds. The molecule has 0 saturated heterocycles. The van der Waals surface area contributed by atoms with Crippen molar-refractivity contribution in [3.8, 4) is 11.6 Å². The Balaban J connectivity index is 2.02.